The van der Waals surface area contributed by atoms with E-state index in [0.717, 1.165) is 28.9 Å². The lowest BCUT2D eigenvalue weighted by Crippen LogP contribution is -1.91. The van der Waals surface area contributed by atoms with Gasteiger partial charge in [-0.1, -0.05) is 0 Å². The van der Waals surface area contributed by atoms with Gasteiger partial charge >= 0.3 is 0 Å². The molecule has 0 fully saturated rings. The number of carbonyl (C=O) groups is 1. The van der Waals surface area contributed by atoms with Crippen molar-refractivity contribution in [3.8, 4) is 11.3 Å². The molecule has 0 bridgehead atoms. The minimum Gasteiger partial charge on any atom is -0.461 e. The Morgan fingerprint density at radius 3 is 2.67 bits per heavy atom. The molecule has 3 heterocycles. The maximum Gasteiger partial charge on any atom is 0.167 e. The number of aldehydes is 1. The smallest absolute Gasteiger partial charge is 0.167 e. The fraction of sp³-hybridized carbons (Fsp3) is 0.133. The lowest BCUT2D eigenvalue weighted by molar-refractivity contribution is 0.111. The maximum absolute atomic E-state index is 11.3. The van der Waals surface area contributed by atoms with E-state index in [4.69, 9.17) is 4.42 Å². The lowest BCUT2D eigenvalue weighted by Gasteiger charge is -1.98. The Morgan fingerprint density at radius 1 is 1.17 bits per heavy atom. The SMILES string of the molecule is Cc1ccn2c(C=O)c(-c3ccc(C)o3)cc2c1. The van der Waals surface area contributed by atoms with Gasteiger partial charge in [-0.05, 0) is 49.7 Å². The van der Waals surface area contributed by atoms with Gasteiger partial charge in [0.25, 0.3) is 0 Å². The van der Waals surface area contributed by atoms with Crippen LogP contribution in [0.15, 0.2) is 40.9 Å². The molecule has 0 spiro atoms. The van der Waals surface area contributed by atoms with Crippen molar-refractivity contribution in [3.63, 3.8) is 0 Å². The summed E-state index contributed by atoms with van der Waals surface area (Å²) < 4.78 is 7.48. The molecule has 0 aliphatic carbocycles. The zero-order chi connectivity index (χ0) is 12.7. The second-order valence-corrected chi connectivity index (χ2v) is 4.47. The van der Waals surface area contributed by atoms with Crippen LogP contribution in [-0.2, 0) is 0 Å². The van der Waals surface area contributed by atoms with Gasteiger partial charge in [0.05, 0.1) is 5.69 Å². The normalized spacial score (nSPS) is 11.0. The quantitative estimate of drug-likeness (QED) is 0.640. The number of aromatic nitrogens is 1. The molecule has 90 valence electrons. The highest BCUT2D eigenvalue weighted by atomic mass is 16.3. The van der Waals surface area contributed by atoms with Crippen LogP contribution < -0.4 is 0 Å². The fourth-order valence-corrected chi connectivity index (χ4v) is 2.21. The Labute approximate surface area is 105 Å². The molecular weight excluding hydrogens is 226 g/mol. The van der Waals surface area contributed by atoms with Crippen molar-refractivity contribution < 1.29 is 9.21 Å². The third-order valence-corrected chi connectivity index (χ3v) is 3.09. The number of furan rings is 1. The Morgan fingerprint density at radius 2 is 2.00 bits per heavy atom. The number of rotatable bonds is 2. The van der Waals surface area contributed by atoms with Crippen molar-refractivity contribution in [2.45, 2.75) is 13.8 Å². The van der Waals surface area contributed by atoms with Crippen molar-refractivity contribution in [1.82, 2.24) is 4.40 Å². The van der Waals surface area contributed by atoms with Gasteiger partial charge in [0.1, 0.15) is 11.5 Å². The molecule has 0 aliphatic rings. The topological polar surface area (TPSA) is 34.6 Å². The molecule has 0 atom stereocenters. The summed E-state index contributed by atoms with van der Waals surface area (Å²) in [7, 11) is 0. The fourth-order valence-electron chi connectivity index (χ4n) is 2.21. The molecule has 0 radical (unpaired) electrons. The van der Waals surface area contributed by atoms with Crippen molar-refractivity contribution in [2.75, 3.05) is 0 Å². The van der Waals surface area contributed by atoms with Gasteiger partial charge in [-0.3, -0.25) is 4.79 Å². The van der Waals surface area contributed by atoms with E-state index in [2.05, 4.69) is 0 Å². The first-order chi connectivity index (χ1) is 8.69. The summed E-state index contributed by atoms with van der Waals surface area (Å²) >= 11 is 0. The van der Waals surface area contributed by atoms with Crippen molar-refractivity contribution in [3.05, 3.63) is 53.5 Å². The van der Waals surface area contributed by atoms with Gasteiger partial charge in [0, 0.05) is 17.3 Å². The highest BCUT2D eigenvalue weighted by Gasteiger charge is 2.13. The Kier molecular flexibility index (Phi) is 2.33. The van der Waals surface area contributed by atoms with E-state index in [-0.39, 0.29) is 0 Å². The zero-order valence-electron chi connectivity index (χ0n) is 10.3. The molecule has 0 saturated heterocycles. The number of carbonyl (C=O) groups excluding carboxylic acids is 1. The first-order valence-corrected chi connectivity index (χ1v) is 5.83. The van der Waals surface area contributed by atoms with Crippen LogP contribution in [0.1, 0.15) is 21.8 Å². The molecule has 3 aromatic heterocycles. The van der Waals surface area contributed by atoms with E-state index in [9.17, 15) is 4.79 Å². The van der Waals surface area contributed by atoms with Gasteiger partial charge in [-0.25, -0.2) is 0 Å². The summed E-state index contributed by atoms with van der Waals surface area (Å²) in [6.07, 6.45) is 2.78. The average molecular weight is 239 g/mol. The van der Waals surface area contributed by atoms with Gasteiger partial charge in [0.2, 0.25) is 0 Å². The van der Waals surface area contributed by atoms with Crippen LogP contribution >= 0.6 is 0 Å². The minimum atomic E-state index is 0.624. The summed E-state index contributed by atoms with van der Waals surface area (Å²) in [5, 5.41) is 0. The molecule has 18 heavy (non-hydrogen) atoms. The Hall–Kier alpha value is -2.29. The Bertz CT molecular complexity index is 734. The van der Waals surface area contributed by atoms with E-state index in [1.165, 1.54) is 5.56 Å². The molecule has 0 aromatic carbocycles. The molecule has 3 heteroatoms. The molecule has 0 N–H and O–H groups in total. The van der Waals surface area contributed by atoms with Crippen LogP contribution in [0, 0.1) is 13.8 Å². The van der Waals surface area contributed by atoms with Gasteiger partial charge in [-0.2, -0.15) is 0 Å². The summed E-state index contributed by atoms with van der Waals surface area (Å²) in [6.45, 7) is 3.92. The van der Waals surface area contributed by atoms with Gasteiger partial charge in [0.15, 0.2) is 6.29 Å². The molecule has 0 unspecified atom stereocenters. The second-order valence-electron chi connectivity index (χ2n) is 4.47. The molecule has 0 amide bonds. The molecule has 3 aromatic rings. The van der Waals surface area contributed by atoms with Crippen molar-refractivity contribution in [1.29, 1.82) is 0 Å². The molecular formula is C15H13NO2. The third kappa shape index (κ3) is 1.56. The van der Waals surface area contributed by atoms with E-state index in [1.54, 1.807) is 0 Å². The highest BCUT2D eigenvalue weighted by Crippen LogP contribution is 2.28. The second kappa shape index (κ2) is 3.88. The number of pyridine rings is 1. The predicted octanol–water partition coefficient (Wildman–Crippen LogP) is 3.63. The monoisotopic (exact) mass is 239 g/mol. The summed E-state index contributed by atoms with van der Waals surface area (Å²) in [5.41, 5.74) is 3.63. The van der Waals surface area contributed by atoms with Crippen LogP contribution in [-0.4, -0.2) is 10.7 Å². The number of nitrogens with zero attached hydrogens (tertiary/aromatic N) is 1. The standard InChI is InChI=1S/C15H13NO2/c1-10-5-6-16-12(7-10)8-13(14(16)9-17)15-4-3-11(2)18-15/h3-9H,1-2H3. The third-order valence-electron chi connectivity index (χ3n) is 3.09. The van der Waals surface area contributed by atoms with Crippen LogP contribution in [0.5, 0.6) is 0 Å². The van der Waals surface area contributed by atoms with Crippen LogP contribution in [0.25, 0.3) is 16.8 Å². The van der Waals surface area contributed by atoms with E-state index >= 15 is 0 Å². The predicted molar refractivity (Wildman–Crippen MR) is 70.0 cm³/mol. The van der Waals surface area contributed by atoms with E-state index < -0.39 is 0 Å². The van der Waals surface area contributed by atoms with Gasteiger partial charge in [-0.15, -0.1) is 0 Å². The van der Waals surface area contributed by atoms with E-state index in [0.29, 0.717) is 5.69 Å². The van der Waals surface area contributed by atoms with Crippen LogP contribution in [0.3, 0.4) is 0 Å². The van der Waals surface area contributed by atoms with E-state index in [1.807, 2.05) is 54.8 Å². The minimum absolute atomic E-state index is 0.624. The largest absolute Gasteiger partial charge is 0.461 e. The zero-order valence-corrected chi connectivity index (χ0v) is 10.3. The molecule has 0 saturated carbocycles. The molecule has 3 rings (SSSR count). The number of aryl methyl sites for hydroxylation is 2. The summed E-state index contributed by atoms with van der Waals surface area (Å²) in [6, 6.07) is 9.81. The molecule has 0 aliphatic heterocycles. The maximum atomic E-state index is 11.3. The highest BCUT2D eigenvalue weighted by molar-refractivity contribution is 5.88. The number of hydrogen-bond donors (Lipinski definition) is 0. The van der Waals surface area contributed by atoms with Crippen LogP contribution in [0.2, 0.25) is 0 Å². The summed E-state index contributed by atoms with van der Waals surface area (Å²) in [5.74, 6) is 1.57. The first kappa shape index (κ1) is 10.8. The molecule has 3 nitrogen and oxygen atoms in total. The van der Waals surface area contributed by atoms with Gasteiger partial charge < -0.3 is 8.82 Å². The van der Waals surface area contributed by atoms with Crippen molar-refractivity contribution >= 4 is 11.8 Å². The van der Waals surface area contributed by atoms with Crippen LogP contribution in [0.4, 0.5) is 0 Å². The first-order valence-electron chi connectivity index (χ1n) is 5.83. The average Bonchev–Trinajstić information content (AvgIpc) is 2.91. The summed E-state index contributed by atoms with van der Waals surface area (Å²) in [4.78, 5) is 11.3. The number of hydrogen-bond acceptors (Lipinski definition) is 2. The number of fused-ring (bicyclic) bond motifs is 1. The Balaban J connectivity index is 2.32. The van der Waals surface area contributed by atoms with Crippen molar-refractivity contribution in [2.24, 2.45) is 0 Å². The lowest BCUT2D eigenvalue weighted by atomic mass is 10.2.